The molecule has 0 N–H and O–H groups in total. The van der Waals surface area contributed by atoms with Crippen molar-refractivity contribution in [2.45, 2.75) is 6.18 Å². The van der Waals surface area contributed by atoms with Crippen LogP contribution in [0.2, 0.25) is 0 Å². The number of hydrogen-bond acceptors (Lipinski definition) is 5. The monoisotopic (exact) mass is 404 g/mol. The Hall–Kier alpha value is -3.82. The van der Waals surface area contributed by atoms with Gasteiger partial charge in [-0.15, -0.1) is 0 Å². The van der Waals surface area contributed by atoms with Gasteiger partial charge in [-0.25, -0.2) is 9.18 Å². The lowest BCUT2D eigenvalue weighted by molar-refractivity contribution is -0.137. The second kappa shape index (κ2) is 6.36. The third-order valence-electron chi connectivity index (χ3n) is 4.26. The van der Waals surface area contributed by atoms with Crippen molar-refractivity contribution in [3.05, 3.63) is 76.7 Å². The summed E-state index contributed by atoms with van der Waals surface area (Å²) in [5.74, 6) is -4.58. The van der Waals surface area contributed by atoms with Crippen molar-refractivity contribution < 1.29 is 36.8 Å². The fourth-order valence-electron chi connectivity index (χ4n) is 3.01. The van der Waals surface area contributed by atoms with Gasteiger partial charge in [-0.05, 0) is 30.3 Å². The van der Waals surface area contributed by atoms with Gasteiger partial charge in [-0.2, -0.15) is 13.2 Å². The highest BCUT2D eigenvalue weighted by Gasteiger charge is 2.42. The van der Waals surface area contributed by atoms with E-state index in [0.717, 1.165) is 12.1 Å². The Balaban J connectivity index is 1.77. The van der Waals surface area contributed by atoms with Crippen molar-refractivity contribution in [3.8, 4) is 0 Å². The van der Waals surface area contributed by atoms with Crippen molar-refractivity contribution in [2.75, 3.05) is 0 Å². The van der Waals surface area contributed by atoms with E-state index >= 15 is 0 Å². The van der Waals surface area contributed by atoms with Gasteiger partial charge < -0.3 is 4.84 Å². The normalized spacial score (nSPS) is 13.7. The van der Waals surface area contributed by atoms with Gasteiger partial charge in [0.25, 0.3) is 11.8 Å². The number of amides is 2. The number of pyridine rings is 1. The molecule has 0 fully saturated rings. The first kappa shape index (κ1) is 18.5. The van der Waals surface area contributed by atoms with Crippen LogP contribution in [0.4, 0.5) is 17.6 Å². The second-order valence-corrected chi connectivity index (χ2v) is 6.04. The molecule has 0 saturated heterocycles. The number of carbonyl (C=O) groups excluding carboxylic acids is 3. The predicted octanol–water partition coefficient (Wildman–Crippen LogP) is 3.76. The average Bonchev–Trinajstić information content (AvgIpc) is 2.91. The van der Waals surface area contributed by atoms with E-state index in [1.165, 1.54) is 24.3 Å². The molecule has 2 aromatic carbocycles. The minimum Gasteiger partial charge on any atom is -0.324 e. The van der Waals surface area contributed by atoms with E-state index in [4.69, 9.17) is 0 Å². The average molecular weight is 404 g/mol. The third kappa shape index (κ3) is 2.98. The zero-order valence-corrected chi connectivity index (χ0v) is 14.2. The van der Waals surface area contributed by atoms with Crippen molar-refractivity contribution in [3.63, 3.8) is 0 Å². The summed E-state index contributed by atoms with van der Waals surface area (Å²) in [4.78, 5) is 45.3. The zero-order valence-electron chi connectivity index (χ0n) is 14.2. The first-order valence-electron chi connectivity index (χ1n) is 8.04. The molecule has 0 spiro atoms. The molecule has 0 unspecified atom stereocenters. The lowest BCUT2D eigenvalue weighted by Gasteiger charge is -2.17. The van der Waals surface area contributed by atoms with Gasteiger partial charge in [0.1, 0.15) is 5.82 Å². The van der Waals surface area contributed by atoms with Crippen LogP contribution in [0.25, 0.3) is 10.9 Å². The number of halogens is 4. The summed E-state index contributed by atoms with van der Waals surface area (Å²) in [6.07, 6.45) is -4.46. The fraction of sp³-hybridized carbons (Fsp3) is 0.0526. The molecule has 0 radical (unpaired) electrons. The molecule has 1 aromatic heterocycles. The Kier molecular flexibility index (Phi) is 4.07. The van der Waals surface area contributed by atoms with E-state index in [1.807, 2.05) is 0 Å². The molecule has 0 saturated carbocycles. The highest BCUT2D eigenvalue weighted by molar-refractivity contribution is 6.21. The molecule has 29 heavy (non-hydrogen) atoms. The summed E-state index contributed by atoms with van der Waals surface area (Å²) < 4.78 is 54.5. The van der Waals surface area contributed by atoms with Gasteiger partial charge in [0.15, 0.2) is 0 Å². The van der Waals surface area contributed by atoms with E-state index in [2.05, 4.69) is 9.82 Å². The summed E-state index contributed by atoms with van der Waals surface area (Å²) in [5, 5.41) is -0.572. The molecular formula is C19H8F4N2O4. The Bertz CT molecular complexity index is 1170. The van der Waals surface area contributed by atoms with Gasteiger partial charge in [0, 0.05) is 11.6 Å². The number of carbonyl (C=O) groups is 3. The summed E-state index contributed by atoms with van der Waals surface area (Å²) in [6, 6.07) is 8.10. The first-order chi connectivity index (χ1) is 13.7. The third-order valence-corrected chi connectivity index (χ3v) is 4.26. The number of aromatic nitrogens is 1. The number of nitrogens with zero attached hydrogens (tertiary/aromatic N) is 2. The first-order valence-corrected chi connectivity index (χ1v) is 8.04. The van der Waals surface area contributed by atoms with Crippen LogP contribution in [0.15, 0.2) is 48.7 Å². The van der Waals surface area contributed by atoms with E-state index in [0.29, 0.717) is 12.3 Å². The summed E-state index contributed by atoms with van der Waals surface area (Å²) in [5.41, 5.74) is -2.85. The number of benzene rings is 2. The molecule has 1 aliphatic rings. The molecule has 146 valence electrons. The van der Waals surface area contributed by atoms with Gasteiger partial charge in [-0.3, -0.25) is 14.6 Å². The molecule has 2 amide bonds. The van der Waals surface area contributed by atoms with E-state index < -0.39 is 46.3 Å². The molecule has 0 aliphatic carbocycles. The molecule has 4 rings (SSSR count). The van der Waals surface area contributed by atoms with E-state index in [9.17, 15) is 31.9 Å². The van der Waals surface area contributed by atoms with Gasteiger partial charge in [-0.1, -0.05) is 17.2 Å². The van der Waals surface area contributed by atoms with Crippen molar-refractivity contribution in [2.24, 2.45) is 0 Å². The molecule has 2 heterocycles. The van der Waals surface area contributed by atoms with Crippen LogP contribution in [-0.4, -0.2) is 27.8 Å². The minimum atomic E-state index is -5.06. The summed E-state index contributed by atoms with van der Waals surface area (Å²) in [6.45, 7) is 0. The maximum Gasteiger partial charge on any atom is 0.417 e. The number of hydrogen-bond donors (Lipinski definition) is 0. The maximum absolute atomic E-state index is 13.6. The summed E-state index contributed by atoms with van der Waals surface area (Å²) >= 11 is 0. The quantitative estimate of drug-likeness (QED) is 0.480. The van der Waals surface area contributed by atoms with Crippen molar-refractivity contribution >= 4 is 28.7 Å². The Labute approximate surface area is 159 Å². The molecular weight excluding hydrogens is 396 g/mol. The number of fused-ring (bicyclic) bond motifs is 2. The van der Waals surface area contributed by atoms with Crippen LogP contribution in [-0.2, 0) is 11.0 Å². The largest absolute Gasteiger partial charge is 0.417 e. The standard InChI is InChI=1S/C19H8F4N2O4/c20-9-5-6-14-12(7-9)15(19(21,22)23)13(8-24-14)18(28)29-25-16(26)10-3-1-2-4-11(10)17(25)27/h1-8H. The highest BCUT2D eigenvalue weighted by atomic mass is 19.4. The van der Waals surface area contributed by atoms with E-state index in [-0.39, 0.29) is 21.7 Å². The maximum atomic E-state index is 13.6. The second-order valence-electron chi connectivity index (χ2n) is 6.04. The Morgan fingerprint density at radius 3 is 2.21 bits per heavy atom. The number of alkyl halides is 3. The van der Waals surface area contributed by atoms with Crippen LogP contribution in [0, 0.1) is 5.82 Å². The van der Waals surface area contributed by atoms with Gasteiger partial charge in [0.05, 0.1) is 27.8 Å². The summed E-state index contributed by atoms with van der Waals surface area (Å²) in [7, 11) is 0. The van der Waals surface area contributed by atoms with Crippen LogP contribution in [0.1, 0.15) is 36.6 Å². The molecule has 3 aromatic rings. The van der Waals surface area contributed by atoms with Gasteiger partial charge in [0.2, 0.25) is 0 Å². The topological polar surface area (TPSA) is 76.6 Å². The smallest absolute Gasteiger partial charge is 0.324 e. The number of hydroxylamine groups is 2. The lowest BCUT2D eigenvalue weighted by Crippen LogP contribution is -2.33. The Morgan fingerprint density at radius 2 is 1.62 bits per heavy atom. The number of imide groups is 1. The van der Waals surface area contributed by atoms with Gasteiger partial charge >= 0.3 is 12.1 Å². The highest BCUT2D eigenvalue weighted by Crippen LogP contribution is 2.37. The van der Waals surface area contributed by atoms with Crippen LogP contribution in [0.3, 0.4) is 0 Å². The molecule has 10 heteroatoms. The molecule has 1 aliphatic heterocycles. The molecule has 6 nitrogen and oxygen atoms in total. The minimum absolute atomic E-state index is 0.0555. The predicted molar refractivity (Wildman–Crippen MR) is 89.1 cm³/mol. The van der Waals surface area contributed by atoms with Crippen molar-refractivity contribution in [1.29, 1.82) is 0 Å². The molecule has 0 bridgehead atoms. The lowest BCUT2D eigenvalue weighted by atomic mass is 10.0. The number of rotatable bonds is 2. The zero-order chi connectivity index (χ0) is 20.9. The Morgan fingerprint density at radius 1 is 1.00 bits per heavy atom. The molecule has 0 atom stereocenters. The fourth-order valence-corrected chi connectivity index (χ4v) is 3.01. The van der Waals surface area contributed by atoms with Crippen molar-refractivity contribution in [1.82, 2.24) is 10.0 Å². The SMILES string of the molecule is O=C(ON1C(=O)c2ccccc2C1=O)c1cnc2ccc(F)cc2c1C(F)(F)F. The van der Waals surface area contributed by atoms with E-state index in [1.54, 1.807) is 0 Å². The van der Waals surface area contributed by atoms with Crippen LogP contribution >= 0.6 is 0 Å². The van der Waals surface area contributed by atoms with Crippen LogP contribution in [0.5, 0.6) is 0 Å². The van der Waals surface area contributed by atoms with Crippen LogP contribution < -0.4 is 0 Å².